The third-order valence-electron chi connectivity index (χ3n) is 2.59. The molecule has 0 fully saturated rings. The Morgan fingerprint density at radius 2 is 1.33 bits per heavy atom. The number of hydrogen-bond donors (Lipinski definition) is 1. The van der Waals surface area contributed by atoms with Crippen LogP contribution in [0.4, 0.5) is 0 Å². The van der Waals surface area contributed by atoms with Gasteiger partial charge in [-0.1, -0.05) is 38.9 Å². The molecule has 9 heavy (non-hydrogen) atoms. The molecule has 0 aromatic rings. The van der Waals surface area contributed by atoms with Gasteiger partial charge in [0.05, 0.1) is 8.07 Å². The lowest BCUT2D eigenvalue weighted by Gasteiger charge is -2.24. The van der Waals surface area contributed by atoms with Crippen LogP contribution in [-0.4, -0.2) is 13.5 Å². The largest absolute Gasteiger partial charge is 0.182 e. The van der Waals surface area contributed by atoms with Crippen molar-refractivity contribution >= 4 is 20.7 Å². The quantitative estimate of drug-likeness (QED) is 0.477. The van der Waals surface area contributed by atoms with Crippen LogP contribution in [0.3, 0.4) is 0 Å². The van der Waals surface area contributed by atoms with Crippen LogP contribution >= 0.6 is 12.6 Å². The van der Waals surface area contributed by atoms with Gasteiger partial charge in [-0.25, -0.2) is 0 Å². The standard InChI is InChI=1S/C7H18SSi/c1-4-9(5-2,6-3)7-8/h8H,4-7H2,1-3H3. The lowest BCUT2D eigenvalue weighted by Crippen LogP contribution is -2.33. The maximum Gasteiger partial charge on any atom is 0.0628 e. The molecule has 0 atom stereocenters. The van der Waals surface area contributed by atoms with Gasteiger partial charge in [0, 0.05) is 0 Å². The Morgan fingerprint density at radius 3 is 1.33 bits per heavy atom. The zero-order valence-electron chi connectivity index (χ0n) is 6.78. The van der Waals surface area contributed by atoms with Crippen molar-refractivity contribution in [2.75, 3.05) is 5.38 Å². The van der Waals surface area contributed by atoms with E-state index < -0.39 is 8.07 Å². The fraction of sp³-hybridized carbons (Fsp3) is 1.00. The summed E-state index contributed by atoms with van der Waals surface area (Å²) >= 11 is 4.40. The van der Waals surface area contributed by atoms with Crippen molar-refractivity contribution in [1.82, 2.24) is 0 Å². The van der Waals surface area contributed by atoms with Gasteiger partial charge in [-0.15, -0.1) is 0 Å². The second-order valence-electron chi connectivity index (χ2n) is 2.72. The highest BCUT2D eigenvalue weighted by molar-refractivity contribution is 7.82. The fourth-order valence-electron chi connectivity index (χ4n) is 1.09. The summed E-state index contributed by atoms with van der Waals surface area (Å²) in [5.74, 6) is 0. The number of hydrogen-bond acceptors (Lipinski definition) is 1. The Morgan fingerprint density at radius 1 is 1.00 bits per heavy atom. The third kappa shape index (κ3) is 2.34. The summed E-state index contributed by atoms with van der Waals surface area (Å²) < 4.78 is 0. The van der Waals surface area contributed by atoms with E-state index in [4.69, 9.17) is 0 Å². The molecule has 0 bridgehead atoms. The zero-order valence-corrected chi connectivity index (χ0v) is 8.67. The van der Waals surface area contributed by atoms with Gasteiger partial charge in [0.2, 0.25) is 0 Å². The topological polar surface area (TPSA) is 0 Å². The molecule has 0 nitrogen and oxygen atoms in total. The number of thiol groups is 1. The Kier molecular flexibility index (Phi) is 4.67. The molecule has 0 aliphatic heterocycles. The van der Waals surface area contributed by atoms with Crippen LogP contribution in [0.2, 0.25) is 18.1 Å². The van der Waals surface area contributed by atoms with Crippen LogP contribution in [0.25, 0.3) is 0 Å². The lowest BCUT2D eigenvalue weighted by atomic mass is 10.9. The van der Waals surface area contributed by atoms with Crippen molar-refractivity contribution < 1.29 is 0 Å². The van der Waals surface area contributed by atoms with E-state index in [2.05, 4.69) is 33.4 Å². The van der Waals surface area contributed by atoms with Crippen LogP contribution in [-0.2, 0) is 0 Å². The van der Waals surface area contributed by atoms with Gasteiger partial charge < -0.3 is 0 Å². The highest BCUT2D eigenvalue weighted by Gasteiger charge is 2.23. The fourth-order valence-corrected chi connectivity index (χ4v) is 5.27. The van der Waals surface area contributed by atoms with Crippen LogP contribution < -0.4 is 0 Å². The maximum atomic E-state index is 4.40. The summed E-state index contributed by atoms with van der Waals surface area (Å²) in [4.78, 5) is 0. The van der Waals surface area contributed by atoms with E-state index in [1.807, 2.05) is 0 Å². The first kappa shape index (κ1) is 9.57. The average Bonchev–Trinajstić information content (AvgIpc) is 1.95. The van der Waals surface area contributed by atoms with Gasteiger partial charge >= 0.3 is 0 Å². The van der Waals surface area contributed by atoms with E-state index in [-0.39, 0.29) is 0 Å². The molecule has 0 saturated carbocycles. The minimum Gasteiger partial charge on any atom is -0.182 e. The first-order valence-electron chi connectivity index (χ1n) is 3.85. The smallest absolute Gasteiger partial charge is 0.0628 e. The van der Waals surface area contributed by atoms with Crippen molar-refractivity contribution in [2.45, 2.75) is 38.9 Å². The van der Waals surface area contributed by atoms with Crippen molar-refractivity contribution in [2.24, 2.45) is 0 Å². The van der Waals surface area contributed by atoms with E-state index in [0.717, 1.165) is 0 Å². The molecule has 0 heterocycles. The van der Waals surface area contributed by atoms with Crippen LogP contribution in [0.5, 0.6) is 0 Å². The normalized spacial score (nSPS) is 12.0. The van der Waals surface area contributed by atoms with E-state index in [1.54, 1.807) is 0 Å². The SMILES string of the molecule is CC[Si](CC)(CC)CS. The molecule has 0 spiro atoms. The average molecular weight is 162 g/mol. The first-order chi connectivity index (χ1) is 4.24. The van der Waals surface area contributed by atoms with E-state index >= 15 is 0 Å². The highest BCUT2D eigenvalue weighted by Crippen LogP contribution is 2.20. The summed E-state index contributed by atoms with van der Waals surface area (Å²) in [6.45, 7) is 6.94. The molecule has 0 amide bonds. The van der Waals surface area contributed by atoms with E-state index in [0.29, 0.717) is 0 Å². The van der Waals surface area contributed by atoms with Crippen LogP contribution in [0, 0.1) is 0 Å². The molecule has 0 aromatic carbocycles. The minimum atomic E-state index is -0.827. The monoisotopic (exact) mass is 162 g/mol. The van der Waals surface area contributed by atoms with Gasteiger partial charge in [0.15, 0.2) is 0 Å². The van der Waals surface area contributed by atoms with Gasteiger partial charge in [0.25, 0.3) is 0 Å². The van der Waals surface area contributed by atoms with E-state index in [1.165, 1.54) is 23.5 Å². The third-order valence-corrected chi connectivity index (χ3v) is 9.77. The molecular weight excluding hydrogens is 144 g/mol. The molecular formula is C7H18SSi. The summed E-state index contributed by atoms with van der Waals surface area (Å²) in [6, 6.07) is 4.22. The zero-order chi connectivity index (χ0) is 7.33. The van der Waals surface area contributed by atoms with Gasteiger partial charge in [-0.3, -0.25) is 0 Å². The van der Waals surface area contributed by atoms with Gasteiger partial charge in [-0.2, -0.15) is 12.6 Å². The summed E-state index contributed by atoms with van der Waals surface area (Å²) in [6.07, 6.45) is 0. The summed E-state index contributed by atoms with van der Waals surface area (Å²) in [5, 5.41) is 1.18. The van der Waals surface area contributed by atoms with Crippen molar-refractivity contribution in [3.8, 4) is 0 Å². The Balaban J connectivity index is 3.82. The summed E-state index contributed by atoms with van der Waals surface area (Å²) in [5.41, 5.74) is 0. The molecule has 0 aliphatic carbocycles. The molecule has 0 unspecified atom stereocenters. The lowest BCUT2D eigenvalue weighted by molar-refractivity contribution is 1.17. The molecule has 0 saturated heterocycles. The van der Waals surface area contributed by atoms with Crippen molar-refractivity contribution in [3.63, 3.8) is 0 Å². The van der Waals surface area contributed by atoms with E-state index in [9.17, 15) is 0 Å². The Hall–Kier alpha value is 0.567. The van der Waals surface area contributed by atoms with Gasteiger partial charge in [-0.05, 0) is 5.38 Å². The number of rotatable bonds is 4. The minimum absolute atomic E-state index is 0.827. The predicted octanol–water partition coefficient (Wildman–Crippen LogP) is 2.96. The first-order valence-corrected chi connectivity index (χ1v) is 7.31. The molecule has 0 N–H and O–H groups in total. The summed E-state index contributed by atoms with van der Waals surface area (Å²) in [7, 11) is -0.827. The molecule has 2 heteroatoms. The van der Waals surface area contributed by atoms with Gasteiger partial charge in [0.1, 0.15) is 0 Å². The van der Waals surface area contributed by atoms with Crippen LogP contribution in [0.15, 0.2) is 0 Å². The highest BCUT2D eigenvalue weighted by atomic mass is 32.1. The molecule has 0 aromatic heterocycles. The molecule has 0 aliphatic rings. The van der Waals surface area contributed by atoms with Crippen molar-refractivity contribution in [1.29, 1.82) is 0 Å². The molecule has 56 valence electrons. The predicted molar refractivity (Wildman–Crippen MR) is 51.1 cm³/mol. The molecule has 0 radical (unpaired) electrons. The second-order valence-corrected chi connectivity index (χ2v) is 9.11. The Labute approximate surface area is 65.5 Å². The van der Waals surface area contributed by atoms with Crippen LogP contribution in [0.1, 0.15) is 20.8 Å². The second kappa shape index (κ2) is 4.39. The Bertz CT molecular complexity index is 51.8. The molecule has 0 rings (SSSR count). The van der Waals surface area contributed by atoms with Crippen molar-refractivity contribution in [3.05, 3.63) is 0 Å². The maximum absolute atomic E-state index is 4.40.